The van der Waals surface area contributed by atoms with E-state index in [-0.39, 0.29) is 18.4 Å². The van der Waals surface area contributed by atoms with Gasteiger partial charge in [-0.2, -0.15) is 0 Å². The van der Waals surface area contributed by atoms with Crippen molar-refractivity contribution in [2.45, 2.75) is 32.3 Å². The summed E-state index contributed by atoms with van der Waals surface area (Å²) in [5.41, 5.74) is 0. The number of aliphatic hydroxyl groups excluding tert-OH is 1. The highest BCUT2D eigenvalue weighted by molar-refractivity contribution is 5.84. The van der Waals surface area contributed by atoms with E-state index in [1.54, 1.807) is 11.8 Å². The lowest BCUT2D eigenvalue weighted by Crippen LogP contribution is -2.46. The number of hydrogen-bond acceptors (Lipinski definition) is 3. The second-order valence-electron chi connectivity index (χ2n) is 3.77. The van der Waals surface area contributed by atoms with Gasteiger partial charge in [0.2, 0.25) is 11.8 Å². The zero-order chi connectivity index (χ0) is 11.3. The number of rotatable bonds is 3. The van der Waals surface area contributed by atoms with Crippen molar-refractivity contribution in [3.63, 3.8) is 0 Å². The molecule has 1 aliphatic rings. The Kier molecular flexibility index (Phi) is 4.55. The van der Waals surface area contributed by atoms with Gasteiger partial charge in [-0.1, -0.05) is 6.92 Å². The zero-order valence-corrected chi connectivity index (χ0v) is 9.03. The molecule has 15 heavy (non-hydrogen) atoms. The predicted molar refractivity (Wildman–Crippen MR) is 55.1 cm³/mol. The molecule has 1 unspecified atom stereocenters. The largest absolute Gasteiger partial charge is 0.391 e. The fraction of sp³-hybridized carbons (Fsp3) is 0.800. The topological polar surface area (TPSA) is 69.6 Å². The number of nitrogens with zero attached hydrogens (tertiary/aromatic N) is 1. The Morgan fingerprint density at radius 3 is 2.87 bits per heavy atom. The lowest BCUT2D eigenvalue weighted by molar-refractivity contribution is -0.135. The number of nitrogens with one attached hydrogen (secondary N) is 1. The second-order valence-corrected chi connectivity index (χ2v) is 3.77. The van der Waals surface area contributed by atoms with Gasteiger partial charge in [-0.25, -0.2) is 0 Å². The van der Waals surface area contributed by atoms with Crippen molar-refractivity contribution < 1.29 is 14.7 Å². The standard InChI is InChI=1S/C10H18N2O3/c1-2-9(14)11-6-10(15)12-5-3-4-8(13)7-12/h8,13H,2-7H2,1H3,(H,11,14). The first-order chi connectivity index (χ1) is 7.13. The van der Waals surface area contributed by atoms with E-state index in [0.29, 0.717) is 19.5 Å². The van der Waals surface area contributed by atoms with Gasteiger partial charge in [0, 0.05) is 19.5 Å². The summed E-state index contributed by atoms with van der Waals surface area (Å²) in [5, 5.41) is 11.9. The molecule has 1 aliphatic heterocycles. The molecule has 1 heterocycles. The maximum absolute atomic E-state index is 11.6. The molecule has 0 bridgehead atoms. The maximum atomic E-state index is 11.6. The van der Waals surface area contributed by atoms with E-state index in [4.69, 9.17) is 0 Å². The molecule has 0 aromatic carbocycles. The maximum Gasteiger partial charge on any atom is 0.242 e. The third-order valence-electron chi connectivity index (χ3n) is 2.51. The third kappa shape index (κ3) is 3.87. The Bertz CT molecular complexity index is 243. The Hall–Kier alpha value is -1.10. The van der Waals surface area contributed by atoms with E-state index in [0.717, 1.165) is 12.8 Å². The molecule has 0 spiro atoms. The molecule has 1 fully saturated rings. The number of carbonyl (C=O) groups is 2. The summed E-state index contributed by atoms with van der Waals surface area (Å²) in [4.78, 5) is 24.1. The van der Waals surface area contributed by atoms with Crippen LogP contribution in [0.4, 0.5) is 0 Å². The fourth-order valence-corrected chi connectivity index (χ4v) is 1.59. The monoisotopic (exact) mass is 214 g/mol. The molecule has 1 rings (SSSR count). The Labute approximate surface area is 89.4 Å². The van der Waals surface area contributed by atoms with Crippen LogP contribution in [-0.4, -0.2) is 47.6 Å². The van der Waals surface area contributed by atoms with Gasteiger partial charge in [-0.3, -0.25) is 9.59 Å². The smallest absolute Gasteiger partial charge is 0.242 e. The van der Waals surface area contributed by atoms with E-state index in [2.05, 4.69) is 5.32 Å². The zero-order valence-electron chi connectivity index (χ0n) is 9.03. The summed E-state index contributed by atoms with van der Waals surface area (Å²) >= 11 is 0. The lowest BCUT2D eigenvalue weighted by Gasteiger charge is -2.30. The molecule has 1 saturated heterocycles. The van der Waals surface area contributed by atoms with Crippen LogP contribution < -0.4 is 5.32 Å². The first-order valence-electron chi connectivity index (χ1n) is 5.36. The quantitative estimate of drug-likeness (QED) is 0.665. The molecular formula is C10H18N2O3. The van der Waals surface area contributed by atoms with Gasteiger partial charge in [-0.05, 0) is 12.8 Å². The molecule has 0 radical (unpaired) electrons. The molecule has 2 N–H and O–H groups in total. The lowest BCUT2D eigenvalue weighted by atomic mass is 10.1. The third-order valence-corrected chi connectivity index (χ3v) is 2.51. The Morgan fingerprint density at radius 2 is 2.27 bits per heavy atom. The van der Waals surface area contributed by atoms with E-state index >= 15 is 0 Å². The fourth-order valence-electron chi connectivity index (χ4n) is 1.59. The average Bonchev–Trinajstić information content (AvgIpc) is 2.25. The average molecular weight is 214 g/mol. The summed E-state index contributed by atoms with van der Waals surface area (Å²) in [7, 11) is 0. The van der Waals surface area contributed by atoms with Gasteiger partial charge in [0.25, 0.3) is 0 Å². The molecule has 5 heteroatoms. The number of amides is 2. The molecule has 0 aromatic heterocycles. The van der Waals surface area contributed by atoms with Crippen LogP contribution in [0.2, 0.25) is 0 Å². The van der Waals surface area contributed by atoms with Crippen molar-refractivity contribution in [2.75, 3.05) is 19.6 Å². The minimum atomic E-state index is -0.412. The van der Waals surface area contributed by atoms with Crippen LogP contribution in [-0.2, 0) is 9.59 Å². The van der Waals surface area contributed by atoms with Gasteiger partial charge in [-0.15, -0.1) is 0 Å². The Morgan fingerprint density at radius 1 is 1.53 bits per heavy atom. The molecular weight excluding hydrogens is 196 g/mol. The van der Waals surface area contributed by atoms with E-state index in [1.165, 1.54) is 0 Å². The Balaban J connectivity index is 2.30. The van der Waals surface area contributed by atoms with Crippen LogP contribution in [0, 0.1) is 0 Å². The van der Waals surface area contributed by atoms with Crippen molar-refractivity contribution in [2.24, 2.45) is 0 Å². The first kappa shape index (κ1) is 12.0. The first-order valence-corrected chi connectivity index (χ1v) is 5.36. The molecule has 0 aliphatic carbocycles. The van der Waals surface area contributed by atoms with Crippen molar-refractivity contribution >= 4 is 11.8 Å². The molecule has 2 amide bonds. The van der Waals surface area contributed by atoms with Gasteiger partial charge < -0.3 is 15.3 Å². The molecule has 1 atom stereocenters. The van der Waals surface area contributed by atoms with Gasteiger partial charge in [0.15, 0.2) is 0 Å². The number of hydrogen-bond donors (Lipinski definition) is 2. The van der Waals surface area contributed by atoms with Gasteiger partial charge >= 0.3 is 0 Å². The normalized spacial score (nSPS) is 21.2. The molecule has 86 valence electrons. The predicted octanol–water partition coefficient (Wildman–Crippen LogP) is -0.504. The number of β-amino-alcohol motifs (C(OH)–C–C–N with tert-alkyl or cyclic N) is 1. The van der Waals surface area contributed by atoms with Crippen LogP contribution in [0.3, 0.4) is 0 Å². The molecule has 0 aromatic rings. The SMILES string of the molecule is CCC(=O)NCC(=O)N1CCCC(O)C1. The van der Waals surface area contributed by atoms with Crippen molar-refractivity contribution in [3.8, 4) is 0 Å². The number of likely N-dealkylation sites (tertiary alicyclic amines) is 1. The summed E-state index contributed by atoms with van der Waals surface area (Å²) in [6.07, 6.45) is 1.56. The highest BCUT2D eigenvalue weighted by atomic mass is 16.3. The summed E-state index contributed by atoms with van der Waals surface area (Å²) in [5.74, 6) is -0.239. The highest BCUT2D eigenvalue weighted by Gasteiger charge is 2.21. The minimum absolute atomic E-state index is 0.0411. The number of carbonyl (C=O) groups excluding carboxylic acids is 2. The highest BCUT2D eigenvalue weighted by Crippen LogP contribution is 2.09. The van der Waals surface area contributed by atoms with Crippen molar-refractivity contribution in [1.29, 1.82) is 0 Å². The molecule has 0 saturated carbocycles. The molecule has 5 nitrogen and oxygen atoms in total. The van der Waals surface area contributed by atoms with Gasteiger partial charge in [0.05, 0.1) is 12.6 Å². The van der Waals surface area contributed by atoms with E-state index in [9.17, 15) is 14.7 Å². The number of aliphatic hydroxyl groups is 1. The van der Waals surface area contributed by atoms with Crippen LogP contribution in [0.25, 0.3) is 0 Å². The van der Waals surface area contributed by atoms with E-state index in [1.807, 2.05) is 0 Å². The number of piperidine rings is 1. The van der Waals surface area contributed by atoms with E-state index < -0.39 is 6.10 Å². The summed E-state index contributed by atoms with van der Waals surface area (Å²) in [6.45, 7) is 2.85. The van der Waals surface area contributed by atoms with Crippen molar-refractivity contribution in [3.05, 3.63) is 0 Å². The van der Waals surface area contributed by atoms with Crippen molar-refractivity contribution in [1.82, 2.24) is 10.2 Å². The van der Waals surface area contributed by atoms with Crippen LogP contribution in [0.15, 0.2) is 0 Å². The second kappa shape index (κ2) is 5.70. The minimum Gasteiger partial charge on any atom is -0.391 e. The van der Waals surface area contributed by atoms with Crippen LogP contribution in [0.5, 0.6) is 0 Å². The van der Waals surface area contributed by atoms with Gasteiger partial charge in [0.1, 0.15) is 0 Å². The summed E-state index contributed by atoms with van der Waals surface area (Å²) < 4.78 is 0. The summed E-state index contributed by atoms with van der Waals surface area (Å²) in [6, 6.07) is 0. The van der Waals surface area contributed by atoms with Crippen LogP contribution in [0.1, 0.15) is 26.2 Å². The van der Waals surface area contributed by atoms with Crippen LogP contribution >= 0.6 is 0 Å².